The number of phenolic OH excluding ortho intramolecular Hbond substituents is 1. The van der Waals surface area contributed by atoms with E-state index < -0.39 is 57.6 Å². The Hall–Kier alpha value is -5.61. The smallest absolute Gasteiger partial charge is 0.350 e. The van der Waals surface area contributed by atoms with E-state index in [0.29, 0.717) is 29.0 Å². The number of Topliss-reactive ketones (excluding diaryl/α,β-unsaturated/α-hetero) is 1. The van der Waals surface area contributed by atoms with Crippen LogP contribution in [0.5, 0.6) is 11.5 Å². The number of tetrazole rings is 1. The number of carboxylic acids is 2. The number of anilines is 1. The molecular weight excluding hydrogens is 749 g/mol. The summed E-state index contributed by atoms with van der Waals surface area (Å²) in [4.78, 5) is 74.5. The Morgan fingerprint density at radius 1 is 1.19 bits per heavy atom. The molecule has 22 heteroatoms. The van der Waals surface area contributed by atoms with Crippen LogP contribution in [0.3, 0.4) is 0 Å². The molecule has 2 amide bonds. The lowest BCUT2D eigenvalue weighted by molar-refractivity contribution is -0.911. The molecule has 3 aromatic rings. The second kappa shape index (κ2) is 15.0. The highest BCUT2D eigenvalue weighted by molar-refractivity contribution is 8.00. The molecule has 2 fully saturated rings. The Kier molecular flexibility index (Phi) is 10.6. The summed E-state index contributed by atoms with van der Waals surface area (Å²) in [5, 5.41) is 61.0. The largest absolute Gasteiger partial charge is 0.504 e. The monoisotopic (exact) mass is 785 g/mol. The van der Waals surface area contributed by atoms with E-state index in [1.165, 1.54) is 31.0 Å². The Labute approximate surface area is 314 Å². The maximum Gasteiger partial charge on any atom is 0.350 e. The van der Waals surface area contributed by atoms with Crippen molar-refractivity contribution in [3.8, 4) is 11.5 Å². The third kappa shape index (κ3) is 7.57. The molecule has 8 N–H and O–H groups in total. The van der Waals surface area contributed by atoms with Crippen molar-refractivity contribution >= 4 is 69.2 Å². The van der Waals surface area contributed by atoms with Crippen LogP contribution in [0.25, 0.3) is 5.70 Å². The number of phenols is 2. The number of carbonyl (C=O) groups excluding carboxylic acids is 3. The number of thioether (sulfide) groups is 1. The van der Waals surface area contributed by atoms with Gasteiger partial charge in [-0.1, -0.05) is 5.16 Å². The highest BCUT2D eigenvalue weighted by atomic mass is 32.2. The number of nitrogens with zero attached hydrogens (tertiary/aromatic N) is 7. The number of hydrogen-bond acceptors (Lipinski definition) is 16. The van der Waals surface area contributed by atoms with Crippen molar-refractivity contribution in [2.24, 2.45) is 11.1 Å². The molecule has 1 aromatic carbocycles. The number of ketones is 1. The number of benzene rings is 1. The fraction of sp³-hybridized carbons (Fsp3) is 0.438. The number of hydrogen-bond donors (Lipinski definition) is 7. The van der Waals surface area contributed by atoms with E-state index in [9.17, 15) is 44.4 Å². The summed E-state index contributed by atoms with van der Waals surface area (Å²) in [5.41, 5.74) is 4.53. The summed E-state index contributed by atoms with van der Waals surface area (Å²) in [6.45, 7) is 5.31. The summed E-state index contributed by atoms with van der Waals surface area (Å²) < 4.78 is 0.566. The summed E-state index contributed by atoms with van der Waals surface area (Å²) in [7, 11) is 0. The number of nitrogens with two attached hydrogens (primary N) is 1. The van der Waals surface area contributed by atoms with Gasteiger partial charge in [0.1, 0.15) is 17.8 Å². The van der Waals surface area contributed by atoms with Gasteiger partial charge in [-0.2, -0.15) is 5.21 Å². The van der Waals surface area contributed by atoms with E-state index in [-0.39, 0.29) is 46.8 Å². The van der Waals surface area contributed by atoms with E-state index in [2.05, 4.69) is 36.1 Å². The van der Waals surface area contributed by atoms with E-state index in [1.807, 2.05) is 0 Å². The molecule has 3 aliphatic rings. The third-order valence-electron chi connectivity index (χ3n) is 9.52. The molecule has 0 radical (unpaired) electrons. The average molecular weight is 786 g/mol. The molecule has 6 rings (SSSR count). The standard InChI is InChI=1S/C32H36N10O10S2/c1-32(2,30(50)51)52-38-22(19-14-54-31(33)35-19)20(43)11-18-27(47)41-23(25-36-39-40-37-25)16(13-53-28(18)41)12-42(6-3-4-7-42)8-5-34-26(46)15-9-17(29(48)49)24(45)21(44)10-15/h9-10,14,18,28H,3-8,11-13H2,1-2H3,(H7-,33,34,35,36,37,38,39,40,43,44,45,46,48,49,50,51)/p+1/t18-,28-/m1/s1. The Morgan fingerprint density at radius 3 is 2.56 bits per heavy atom. The number of quaternary nitrogens is 1. The van der Waals surface area contributed by atoms with Crippen molar-refractivity contribution in [2.75, 3.05) is 44.2 Å². The summed E-state index contributed by atoms with van der Waals surface area (Å²) in [6, 6.07) is 1.99. The first-order chi connectivity index (χ1) is 25.6. The zero-order valence-corrected chi connectivity index (χ0v) is 30.6. The van der Waals surface area contributed by atoms with Gasteiger partial charge in [-0.3, -0.25) is 19.3 Å². The maximum atomic E-state index is 13.9. The Balaban J connectivity index is 1.19. The number of nitrogen functional groups attached to an aromatic ring is 1. The molecule has 0 aliphatic carbocycles. The van der Waals surface area contributed by atoms with Crippen molar-refractivity contribution in [3.63, 3.8) is 0 Å². The van der Waals surface area contributed by atoms with Crippen LogP contribution in [0.15, 0.2) is 28.2 Å². The number of aromatic nitrogens is 5. The minimum Gasteiger partial charge on any atom is -0.504 e. The van der Waals surface area contributed by atoms with Crippen LogP contribution in [0, 0.1) is 5.92 Å². The quantitative estimate of drug-likeness (QED) is 0.0370. The predicted molar refractivity (Wildman–Crippen MR) is 191 cm³/mol. The molecule has 20 nitrogen and oxygen atoms in total. The summed E-state index contributed by atoms with van der Waals surface area (Å²) in [6.07, 6.45) is 1.59. The number of aromatic carboxylic acids is 1. The first-order valence-electron chi connectivity index (χ1n) is 16.7. The number of fused-ring (bicyclic) bond motifs is 1. The zero-order valence-electron chi connectivity index (χ0n) is 29.0. The molecule has 2 atom stereocenters. The van der Waals surface area contributed by atoms with Gasteiger partial charge < -0.3 is 40.8 Å². The Bertz CT molecular complexity index is 2060. The number of amides is 2. The second-order valence-electron chi connectivity index (χ2n) is 13.6. The number of aromatic amines is 1. The molecule has 0 spiro atoms. The number of nitrogens with one attached hydrogen (secondary N) is 2. The van der Waals surface area contributed by atoms with Gasteiger partial charge in [-0.15, -0.1) is 33.3 Å². The first kappa shape index (κ1) is 38.1. The van der Waals surface area contributed by atoms with Crippen LogP contribution in [0.4, 0.5) is 5.13 Å². The van der Waals surface area contributed by atoms with Crippen LogP contribution in [-0.2, 0) is 19.2 Å². The minimum atomic E-state index is -1.75. The molecule has 0 bridgehead atoms. The van der Waals surface area contributed by atoms with Crippen LogP contribution in [0.1, 0.15) is 65.3 Å². The lowest BCUT2D eigenvalue weighted by Crippen LogP contribution is -2.61. The van der Waals surface area contributed by atoms with Crippen LogP contribution < -0.4 is 11.1 Å². The van der Waals surface area contributed by atoms with Crippen LogP contribution >= 0.6 is 23.1 Å². The fourth-order valence-electron chi connectivity index (χ4n) is 6.64. The zero-order chi connectivity index (χ0) is 38.9. The molecule has 0 unspecified atom stereocenters. The predicted octanol–water partition coefficient (Wildman–Crippen LogP) is 0.874. The molecule has 3 aliphatic heterocycles. The third-order valence-corrected chi connectivity index (χ3v) is 11.6. The number of aromatic hydroxyl groups is 2. The number of H-pyrrole nitrogens is 1. The van der Waals surface area contributed by atoms with Crippen LogP contribution in [-0.4, -0.2) is 140 Å². The number of carboxylic acid groups (broad SMARTS) is 2. The molecule has 5 heterocycles. The van der Waals surface area contributed by atoms with Crippen molar-refractivity contribution in [2.45, 2.75) is 44.1 Å². The van der Waals surface area contributed by atoms with Gasteiger partial charge in [0.25, 0.3) is 5.91 Å². The number of aliphatic carboxylic acids is 1. The first-order valence-corrected chi connectivity index (χ1v) is 18.6. The Morgan fingerprint density at radius 2 is 1.93 bits per heavy atom. The average Bonchev–Trinajstić information content (AvgIpc) is 3.92. The molecular formula is C32H37N10O10S2+. The van der Waals surface area contributed by atoms with Gasteiger partial charge in [0.2, 0.25) is 17.3 Å². The maximum absolute atomic E-state index is 13.9. The summed E-state index contributed by atoms with van der Waals surface area (Å²) >= 11 is 2.54. The van der Waals surface area contributed by atoms with Gasteiger partial charge in [0.05, 0.1) is 43.2 Å². The van der Waals surface area contributed by atoms with E-state index in [1.54, 1.807) is 4.90 Å². The van der Waals surface area contributed by atoms with Gasteiger partial charge in [0.15, 0.2) is 28.1 Å². The second-order valence-corrected chi connectivity index (χ2v) is 15.6. The van der Waals surface area contributed by atoms with Crippen molar-refractivity contribution in [3.05, 3.63) is 45.7 Å². The molecule has 0 saturated carbocycles. The van der Waals surface area contributed by atoms with Gasteiger partial charge in [-0.05, 0) is 31.2 Å². The lowest BCUT2D eigenvalue weighted by atomic mass is 9.89. The number of carbonyl (C=O) groups is 5. The molecule has 2 saturated heterocycles. The number of likely N-dealkylation sites (tertiary alicyclic amines) is 1. The van der Waals surface area contributed by atoms with Crippen molar-refractivity contribution in [1.82, 2.24) is 35.8 Å². The summed E-state index contributed by atoms with van der Waals surface area (Å²) in [5.74, 6) is -5.98. The van der Waals surface area contributed by atoms with E-state index in [4.69, 9.17) is 10.6 Å². The number of β-lactam (4-membered cyclic amide) rings is 1. The number of thiazole rings is 1. The van der Waals surface area contributed by atoms with Gasteiger partial charge in [-0.25, -0.2) is 14.6 Å². The van der Waals surface area contributed by atoms with Crippen LogP contribution in [0.2, 0.25) is 0 Å². The van der Waals surface area contributed by atoms with Crippen molar-refractivity contribution < 1.29 is 53.7 Å². The topological polar surface area (TPSA) is 296 Å². The van der Waals surface area contributed by atoms with Crippen molar-refractivity contribution in [1.29, 1.82) is 0 Å². The number of rotatable bonds is 15. The van der Waals surface area contributed by atoms with Gasteiger partial charge >= 0.3 is 11.9 Å². The normalized spacial score (nSPS) is 19.6. The lowest BCUT2D eigenvalue weighted by Gasteiger charge is -2.50. The highest BCUT2D eigenvalue weighted by Crippen LogP contribution is 2.48. The molecule has 286 valence electrons. The van der Waals surface area contributed by atoms with Gasteiger partial charge in [0, 0.05) is 41.5 Å². The molecule has 54 heavy (non-hydrogen) atoms. The van der Waals surface area contributed by atoms with E-state index in [0.717, 1.165) is 55.0 Å². The number of oxime groups is 1. The fourth-order valence-corrected chi connectivity index (χ4v) is 8.59. The highest BCUT2D eigenvalue weighted by Gasteiger charge is 2.54. The molecule has 2 aromatic heterocycles. The SMILES string of the molecule is CC(C)(O/N=C(\C(=O)C[C@@H]1C(=O)N2C(c3nn[nH]n3)=C(C[N+]3(CCNC(=O)c4cc(O)c(O)c(C(=O)O)c4)CCCC3)CS[C@H]12)c1csc(N)n1)C(=O)O. The minimum absolute atomic E-state index is 0.0975. The van der Waals surface area contributed by atoms with E-state index >= 15 is 0 Å².